The lowest BCUT2D eigenvalue weighted by atomic mass is 9.87. The molecule has 0 saturated carbocycles. The molecule has 8 nitrogen and oxygen atoms in total. The van der Waals surface area contributed by atoms with Gasteiger partial charge in [-0.25, -0.2) is 0 Å². The molecule has 3 rings (SSSR count). The number of halogens is 1. The van der Waals surface area contributed by atoms with Gasteiger partial charge in [-0.2, -0.15) is 0 Å². The van der Waals surface area contributed by atoms with Gasteiger partial charge in [0.1, 0.15) is 23.7 Å². The third-order valence-corrected chi connectivity index (χ3v) is 7.45. The van der Waals surface area contributed by atoms with Gasteiger partial charge in [0.25, 0.3) is 0 Å². The zero-order valence-electron chi connectivity index (χ0n) is 21.9. The van der Waals surface area contributed by atoms with Crippen molar-refractivity contribution in [2.24, 2.45) is 0 Å². The number of rotatable bonds is 13. The third kappa shape index (κ3) is 8.18. The molecule has 0 saturated heterocycles. The van der Waals surface area contributed by atoms with Crippen molar-refractivity contribution in [3.05, 3.63) is 69.3 Å². The number of aliphatic hydroxyl groups is 2. The topological polar surface area (TPSA) is 108 Å². The number of carbonyl (C=O) groups is 2. The highest BCUT2D eigenvalue weighted by atomic mass is 127. The Bertz CT molecular complexity index is 1110. The van der Waals surface area contributed by atoms with Crippen LogP contribution >= 0.6 is 22.6 Å². The van der Waals surface area contributed by atoms with Gasteiger partial charge in [-0.15, -0.1) is 0 Å². The molecule has 0 fully saturated rings. The number of hydrogen-bond donors (Lipinski definition) is 3. The average molecular weight is 637 g/mol. The number of nitrogens with zero attached hydrogens (tertiary/aromatic N) is 1. The van der Waals surface area contributed by atoms with Gasteiger partial charge >= 0.3 is 0 Å². The molecule has 1 aliphatic carbocycles. The minimum atomic E-state index is -1.05. The Labute approximate surface area is 238 Å². The monoisotopic (exact) mass is 636 g/mol. The van der Waals surface area contributed by atoms with E-state index in [4.69, 9.17) is 9.47 Å². The summed E-state index contributed by atoms with van der Waals surface area (Å²) in [4.78, 5) is 28.1. The summed E-state index contributed by atoms with van der Waals surface area (Å²) in [6.45, 7) is 2.33. The van der Waals surface area contributed by atoms with Crippen LogP contribution in [0.2, 0.25) is 0 Å². The molecule has 0 aromatic heterocycles. The highest BCUT2D eigenvalue weighted by molar-refractivity contribution is 14.1. The largest absolute Gasteiger partial charge is 0.497 e. The zero-order valence-corrected chi connectivity index (χ0v) is 24.1. The molecule has 2 amide bonds. The Morgan fingerprint density at radius 3 is 2.68 bits per heavy atom. The van der Waals surface area contributed by atoms with Crippen molar-refractivity contribution in [2.45, 2.75) is 57.3 Å². The molecule has 0 radical (unpaired) electrons. The summed E-state index contributed by atoms with van der Waals surface area (Å²) in [5.41, 5.74) is 1.42. The molecule has 3 N–H and O–H groups in total. The highest BCUT2D eigenvalue weighted by Gasteiger charge is 2.40. The molecule has 2 aromatic carbocycles. The van der Waals surface area contributed by atoms with Gasteiger partial charge in [0.2, 0.25) is 11.8 Å². The van der Waals surface area contributed by atoms with E-state index in [9.17, 15) is 19.8 Å². The van der Waals surface area contributed by atoms with Crippen LogP contribution in [0.25, 0.3) is 0 Å². The molecule has 1 aliphatic rings. The molecule has 0 bridgehead atoms. The van der Waals surface area contributed by atoms with Crippen LogP contribution in [0.1, 0.15) is 38.2 Å². The van der Waals surface area contributed by atoms with Gasteiger partial charge in [-0.1, -0.05) is 37.6 Å². The predicted molar refractivity (Wildman–Crippen MR) is 154 cm³/mol. The first-order valence-electron chi connectivity index (χ1n) is 13.0. The van der Waals surface area contributed by atoms with Crippen molar-refractivity contribution < 1.29 is 29.3 Å². The summed E-state index contributed by atoms with van der Waals surface area (Å²) < 4.78 is 12.4. The molecule has 3 atom stereocenters. The van der Waals surface area contributed by atoms with E-state index < -0.39 is 18.2 Å². The van der Waals surface area contributed by atoms with Crippen molar-refractivity contribution >= 4 is 34.4 Å². The van der Waals surface area contributed by atoms with Crippen LogP contribution in [0.4, 0.5) is 0 Å². The number of para-hydroxylation sites is 1. The van der Waals surface area contributed by atoms with Crippen LogP contribution in [0.5, 0.6) is 11.5 Å². The summed E-state index contributed by atoms with van der Waals surface area (Å²) in [7, 11) is 1.61. The predicted octanol–water partition coefficient (Wildman–Crippen LogP) is 3.48. The number of ether oxygens (including phenoxy) is 2. The number of aliphatic hydroxyl groups excluding tert-OH is 2. The first-order valence-corrected chi connectivity index (χ1v) is 14.1. The van der Waals surface area contributed by atoms with Gasteiger partial charge in [0.15, 0.2) is 0 Å². The molecule has 206 valence electrons. The van der Waals surface area contributed by atoms with Crippen LogP contribution < -0.4 is 14.8 Å². The van der Waals surface area contributed by atoms with E-state index in [1.54, 1.807) is 18.1 Å². The number of benzene rings is 2. The quantitative estimate of drug-likeness (QED) is 0.291. The fraction of sp³-hybridized carbons (Fsp3) is 0.448. The number of hydrogen-bond acceptors (Lipinski definition) is 6. The maximum atomic E-state index is 13.5. The summed E-state index contributed by atoms with van der Waals surface area (Å²) in [5, 5.41) is 23.4. The highest BCUT2D eigenvalue weighted by Crippen LogP contribution is 2.30. The Morgan fingerprint density at radius 1 is 1.18 bits per heavy atom. The second-order valence-electron chi connectivity index (χ2n) is 9.24. The Morgan fingerprint density at radius 2 is 1.97 bits per heavy atom. The Balaban J connectivity index is 1.92. The molecular formula is C29H37IN2O6. The van der Waals surface area contributed by atoms with Gasteiger partial charge in [0, 0.05) is 31.5 Å². The lowest BCUT2D eigenvalue weighted by Crippen LogP contribution is -2.55. The zero-order chi connectivity index (χ0) is 27.5. The lowest BCUT2D eigenvalue weighted by Gasteiger charge is -2.40. The molecule has 38 heavy (non-hydrogen) atoms. The maximum absolute atomic E-state index is 13.5. The van der Waals surface area contributed by atoms with Crippen LogP contribution in [-0.4, -0.2) is 72.0 Å². The number of unbranched alkanes of at least 4 members (excludes halogenated alkanes) is 1. The average Bonchev–Trinajstić information content (AvgIpc) is 2.93. The SMILES string of the molecule is CCCCC(=O)N(CCc1cccc(OC)c1)[C@@H]1CC(C(=O)NCCO)=C[C@H](Oc2ccccc2I)[C@H]1O. The molecule has 0 unspecified atom stereocenters. The lowest BCUT2D eigenvalue weighted by molar-refractivity contribution is -0.138. The number of amides is 2. The van der Waals surface area contributed by atoms with E-state index >= 15 is 0 Å². The summed E-state index contributed by atoms with van der Waals surface area (Å²) in [5.74, 6) is 0.912. The van der Waals surface area contributed by atoms with Gasteiger partial charge < -0.3 is 29.9 Å². The van der Waals surface area contributed by atoms with Crippen LogP contribution in [0.15, 0.2) is 60.2 Å². The summed E-state index contributed by atoms with van der Waals surface area (Å²) in [6, 6.07) is 14.5. The molecule has 9 heteroatoms. The fourth-order valence-electron chi connectivity index (χ4n) is 4.49. The number of carbonyl (C=O) groups excluding carboxylic acids is 2. The standard InChI is InChI=1S/C29H37IN2O6/c1-3-4-12-27(34)32(15-13-20-8-7-9-22(17-20)37-2)24-18-21(29(36)31-14-16-33)19-26(28(24)35)38-25-11-6-5-10-23(25)30/h5-11,17,19,24,26,28,33,35H,3-4,12-16,18H2,1-2H3,(H,31,36)/t24-,26+,28+/m1/s1. The van der Waals surface area contributed by atoms with Gasteiger partial charge in [0.05, 0.1) is 23.3 Å². The molecular weight excluding hydrogens is 599 g/mol. The van der Waals surface area contributed by atoms with Crippen molar-refractivity contribution in [2.75, 3.05) is 26.8 Å². The minimum Gasteiger partial charge on any atom is -0.497 e. The van der Waals surface area contributed by atoms with Gasteiger partial charge in [-0.3, -0.25) is 9.59 Å². The smallest absolute Gasteiger partial charge is 0.247 e. The van der Waals surface area contributed by atoms with Crippen molar-refractivity contribution in [1.29, 1.82) is 0 Å². The summed E-state index contributed by atoms with van der Waals surface area (Å²) in [6.07, 6.45) is 2.46. The van der Waals surface area contributed by atoms with Gasteiger partial charge in [-0.05, 0) is 71.3 Å². The van der Waals surface area contributed by atoms with Crippen molar-refractivity contribution in [3.63, 3.8) is 0 Å². The van der Waals surface area contributed by atoms with Crippen LogP contribution in [-0.2, 0) is 16.0 Å². The number of nitrogens with one attached hydrogen (secondary N) is 1. The van der Waals surface area contributed by atoms with E-state index in [0.29, 0.717) is 30.7 Å². The van der Waals surface area contributed by atoms with E-state index in [1.165, 1.54) is 0 Å². The van der Waals surface area contributed by atoms with Crippen molar-refractivity contribution in [3.8, 4) is 11.5 Å². The Hall–Kier alpha value is -2.63. The fourth-order valence-corrected chi connectivity index (χ4v) is 5.01. The minimum absolute atomic E-state index is 0.0659. The number of methoxy groups -OCH3 is 1. The molecule has 0 spiro atoms. The first-order chi connectivity index (χ1) is 18.4. The van der Waals surface area contributed by atoms with E-state index in [-0.39, 0.29) is 31.4 Å². The van der Waals surface area contributed by atoms with Crippen LogP contribution in [0.3, 0.4) is 0 Å². The molecule has 2 aromatic rings. The third-order valence-electron chi connectivity index (χ3n) is 6.55. The van der Waals surface area contributed by atoms with Crippen LogP contribution in [0, 0.1) is 3.57 Å². The molecule has 0 heterocycles. The van der Waals surface area contributed by atoms with Crippen molar-refractivity contribution in [1.82, 2.24) is 10.2 Å². The van der Waals surface area contributed by atoms with E-state index in [1.807, 2.05) is 55.5 Å². The second-order valence-corrected chi connectivity index (χ2v) is 10.4. The van der Waals surface area contributed by atoms with E-state index in [0.717, 1.165) is 27.7 Å². The molecule has 0 aliphatic heterocycles. The second kappa shape index (κ2) is 15.1. The first kappa shape index (κ1) is 29.9. The normalized spacial score (nSPS) is 18.9. The van der Waals surface area contributed by atoms with E-state index in [2.05, 4.69) is 27.9 Å². The summed E-state index contributed by atoms with van der Waals surface area (Å²) >= 11 is 2.16. The maximum Gasteiger partial charge on any atom is 0.247 e. The Kier molecular flexibility index (Phi) is 11.9.